The van der Waals surface area contributed by atoms with E-state index in [9.17, 15) is 4.79 Å². The van der Waals surface area contributed by atoms with Gasteiger partial charge in [0.15, 0.2) is 12.6 Å². The van der Waals surface area contributed by atoms with Crippen LogP contribution in [0.3, 0.4) is 0 Å². The lowest BCUT2D eigenvalue weighted by Gasteiger charge is -2.21. The van der Waals surface area contributed by atoms with Crippen molar-refractivity contribution in [2.75, 3.05) is 34.8 Å². The molecular formula is C24H31IN6O2. The molecule has 0 radical (unpaired) electrons. The molecule has 0 unspecified atom stereocenters. The molecule has 0 fully saturated rings. The molecule has 2 N–H and O–H groups in total. The minimum Gasteiger partial charge on any atom is -0.484 e. The lowest BCUT2D eigenvalue weighted by molar-refractivity contribution is -0.130. The van der Waals surface area contributed by atoms with Gasteiger partial charge in [-0.15, -0.1) is 24.0 Å². The summed E-state index contributed by atoms with van der Waals surface area (Å²) < 4.78 is 5.60. The average molecular weight is 562 g/mol. The van der Waals surface area contributed by atoms with Gasteiger partial charge in [0.25, 0.3) is 5.91 Å². The number of likely N-dealkylation sites (N-methyl/N-ethyl adjacent to an activating group) is 1. The van der Waals surface area contributed by atoms with Crippen molar-refractivity contribution in [2.24, 2.45) is 4.99 Å². The van der Waals surface area contributed by atoms with Crippen LogP contribution in [-0.2, 0) is 17.9 Å². The van der Waals surface area contributed by atoms with Crippen molar-refractivity contribution in [1.82, 2.24) is 25.1 Å². The number of aromatic nitrogens is 2. The summed E-state index contributed by atoms with van der Waals surface area (Å²) in [6.07, 6.45) is 1.85. The first kappa shape index (κ1) is 26.2. The van der Waals surface area contributed by atoms with Crippen molar-refractivity contribution in [2.45, 2.75) is 13.1 Å². The Kier molecular flexibility index (Phi) is 10.2. The zero-order chi connectivity index (χ0) is 22.9. The van der Waals surface area contributed by atoms with Crippen LogP contribution in [0.15, 0.2) is 65.8 Å². The highest BCUT2D eigenvalue weighted by molar-refractivity contribution is 14.0. The fourth-order valence-corrected chi connectivity index (χ4v) is 3.09. The Morgan fingerprint density at radius 1 is 1.12 bits per heavy atom. The van der Waals surface area contributed by atoms with Gasteiger partial charge in [0.2, 0.25) is 0 Å². The smallest absolute Gasteiger partial charge is 0.259 e. The van der Waals surface area contributed by atoms with Gasteiger partial charge in [-0.3, -0.25) is 9.79 Å². The minimum absolute atomic E-state index is 0. The van der Waals surface area contributed by atoms with Gasteiger partial charge >= 0.3 is 0 Å². The summed E-state index contributed by atoms with van der Waals surface area (Å²) in [6, 6.07) is 17.8. The van der Waals surface area contributed by atoms with Crippen molar-refractivity contribution >= 4 is 35.8 Å². The Bertz CT molecular complexity index is 1050. The fraction of sp³-hybridized carbons (Fsp3) is 0.292. The fourth-order valence-electron chi connectivity index (χ4n) is 3.09. The number of amides is 1. The molecule has 1 amide bonds. The van der Waals surface area contributed by atoms with E-state index in [1.165, 1.54) is 4.90 Å². The molecule has 0 aliphatic heterocycles. The summed E-state index contributed by atoms with van der Waals surface area (Å²) in [5.41, 5.74) is 3.12. The first-order valence-corrected chi connectivity index (χ1v) is 10.4. The molecule has 8 nitrogen and oxygen atoms in total. The predicted molar refractivity (Wildman–Crippen MR) is 142 cm³/mol. The Balaban J connectivity index is 0.00000385. The summed E-state index contributed by atoms with van der Waals surface area (Å²) in [5, 5.41) is 3.36. The zero-order valence-electron chi connectivity index (χ0n) is 19.4. The van der Waals surface area contributed by atoms with E-state index >= 15 is 0 Å². The molecule has 0 atom stereocenters. The summed E-state index contributed by atoms with van der Waals surface area (Å²) >= 11 is 0. The molecule has 1 heterocycles. The summed E-state index contributed by atoms with van der Waals surface area (Å²) in [4.78, 5) is 27.5. The number of imidazole rings is 1. The van der Waals surface area contributed by atoms with E-state index in [1.54, 1.807) is 21.1 Å². The number of aliphatic imine (C=N–C) groups is 1. The van der Waals surface area contributed by atoms with Gasteiger partial charge in [-0.05, 0) is 23.3 Å². The molecule has 2 aromatic carbocycles. The molecule has 0 spiro atoms. The van der Waals surface area contributed by atoms with Crippen molar-refractivity contribution in [3.05, 3.63) is 72.2 Å². The molecule has 1 aromatic heterocycles. The molecule has 0 aliphatic carbocycles. The van der Waals surface area contributed by atoms with Crippen molar-refractivity contribution in [1.29, 1.82) is 0 Å². The van der Waals surface area contributed by atoms with Gasteiger partial charge < -0.3 is 24.8 Å². The first-order chi connectivity index (χ1) is 15.5. The maximum absolute atomic E-state index is 11.7. The largest absolute Gasteiger partial charge is 0.484 e. The van der Waals surface area contributed by atoms with Crippen LogP contribution in [0, 0.1) is 0 Å². The Hall–Kier alpha value is -3.08. The van der Waals surface area contributed by atoms with Crippen LogP contribution < -0.4 is 10.1 Å². The summed E-state index contributed by atoms with van der Waals surface area (Å²) in [5.74, 6) is 2.18. The van der Waals surface area contributed by atoms with E-state index in [2.05, 4.69) is 32.4 Å². The molecular weight excluding hydrogens is 531 g/mol. The van der Waals surface area contributed by atoms with E-state index in [0.717, 1.165) is 28.6 Å². The number of rotatable bonds is 8. The third-order valence-corrected chi connectivity index (χ3v) is 4.88. The first-order valence-electron chi connectivity index (χ1n) is 10.4. The summed E-state index contributed by atoms with van der Waals surface area (Å²) in [6.45, 7) is 1.17. The van der Waals surface area contributed by atoms with Crippen molar-refractivity contribution in [3.8, 4) is 17.0 Å². The zero-order valence-corrected chi connectivity index (χ0v) is 21.7. The number of nitrogens with one attached hydrogen (secondary N) is 2. The number of hydrogen-bond donors (Lipinski definition) is 2. The van der Waals surface area contributed by atoms with E-state index in [4.69, 9.17) is 4.74 Å². The molecule has 0 aliphatic rings. The maximum Gasteiger partial charge on any atom is 0.259 e. The van der Waals surface area contributed by atoms with Crippen LogP contribution >= 0.6 is 24.0 Å². The van der Waals surface area contributed by atoms with Crippen LogP contribution in [-0.4, -0.2) is 66.4 Å². The molecule has 0 saturated heterocycles. The molecule has 176 valence electrons. The number of carbonyl (C=O) groups excluding carboxylic acids is 1. The number of ether oxygens (including phenoxy) is 1. The van der Waals surface area contributed by atoms with Gasteiger partial charge in [-0.25, -0.2) is 4.98 Å². The van der Waals surface area contributed by atoms with Crippen molar-refractivity contribution in [3.63, 3.8) is 0 Å². The third-order valence-electron chi connectivity index (χ3n) is 4.88. The van der Waals surface area contributed by atoms with E-state index in [1.807, 2.05) is 60.6 Å². The van der Waals surface area contributed by atoms with Crippen LogP contribution in [0.1, 0.15) is 11.4 Å². The second-order valence-corrected chi connectivity index (χ2v) is 7.59. The van der Waals surface area contributed by atoms with Gasteiger partial charge in [0.1, 0.15) is 11.6 Å². The minimum atomic E-state index is -0.0797. The highest BCUT2D eigenvalue weighted by atomic mass is 127. The Morgan fingerprint density at radius 2 is 1.88 bits per heavy atom. The summed E-state index contributed by atoms with van der Waals surface area (Å²) in [7, 11) is 7.13. The topological polar surface area (TPSA) is 85.8 Å². The monoisotopic (exact) mass is 562 g/mol. The number of carbonyl (C=O) groups is 1. The second-order valence-electron chi connectivity index (χ2n) is 7.59. The lowest BCUT2D eigenvalue weighted by atomic mass is 10.2. The molecule has 0 saturated carbocycles. The van der Waals surface area contributed by atoms with Crippen molar-refractivity contribution < 1.29 is 9.53 Å². The Labute approximate surface area is 212 Å². The number of guanidine groups is 1. The average Bonchev–Trinajstić information content (AvgIpc) is 3.27. The maximum atomic E-state index is 11.7. The second kappa shape index (κ2) is 12.8. The standard InChI is InChI=1S/C24H30N6O2.HI/c1-25-24(27-14-18-9-8-12-20(13-18)32-17-23(31)29(2)3)30(4)16-22-26-15-21(28-22)19-10-6-5-7-11-19;/h5-13,15H,14,16-17H2,1-4H3,(H,25,27)(H,26,28);1H. The number of aromatic amines is 1. The molecule has 9 heteroatoms. The number of halogens is 1. The van der Waals surface area contributed by atoms with Gasteiger partial charge in [-0.2, -0.15) is 0 Å². The van der Waals surface area contributed by atoms with Crippen LogP contribution in [0.4, 0.5) is 0 Å². The number of hydrogen-bond acceptors (Lipinski definition) is 4. The molecule has 33 heavy (non-hydrogen) atoms. The number of nitrogens with zero attached hydrogens (tertiary/aromatic N) is 4. The van der Waals surface area contributed by atoms with Crippen LogP contribution in [0.2, 0.25) is 0 Å². The lowest BCUT2D eigenvalue weighted by Crippen LogP contribution is -2.38. The number of benzene rings is 2. The predicted octanol–water partition coefficient (Wildman–Crippen LogP) is 3.37. The number of H-pyrrole nitrogens is 1. The highest BCUT2D eigenvalue weighted by Crippen LogP contribution is 2.17. The van der Waals surface area contributed by atoms with E-state index < -0.39 is 0 Å². The van der Waals surface area contributed by atoms with E-state index in [-0.39, 0.29) is 36.5 Å². The van der Waals surface area contributed by atoms with Crippen LogP contribution in [0.25, 0.3) is 11.3 Å². The molecule has 3 rings (SSSR count). The molecule has 0 bridgehead atoms. The normalized spacial score (nSPS) is 10.8. The quantitative estimate of drug-likeness (QED) is 0.250. The third kappa shape index (κ3) is 7.77. The van der Waals surface area contributed by atoms with Gasteiger partial charge in [0, 0.05) is 34.7 Å². The highest BCUT2D eigenvalue weighted by Gasteiger charge is 2.10. The SMILES string of the molecule is CN=C(NCc1cccc(OCC(=O)N(C)C)c1)N(C)Cc1ncc(-c2ccccc2)[nH]1.I. The molecule has 3 aromatic rings. The van der Waals surface area contributed by atoms with Crippen LogP contribution in [0.5, 0.6) is 5.75 Å². The Morgan fingerprint density at radius 3 is 2.58 bits per heavy atom. The van der Waals surface area contributed by atoms with Gasteiger partial charge in [-0.1, -0.05) is 42.5 Å². The van der Waals surface area contributed by atoms with E-state index in [0.29, 0.717) is 18.8 Å². The van der Waals surface area contributed by atoms with Gasteiger partial charge in [0.05, 0.1) is 18.4 Å².